The van der Waals surface area contributed by atoms with Crippen LogP contribution in [0.4, 0.5) is 0 Å². The molecule has 18 heavy (non-hydrogen) atoms. The highest BCUT2D eigenvalue weighted by molar-refractivity contribution is 5.45. The van der Waals surface area contributed by atoms with E-state index >= 15 is 0 Å². The third kappa shape index (κ3) is 3.47. The first-order valence-corrected chi connectivity index (χ1v) is 6.56. The molecule has 1 rings (SSSR count). The number of aliphatic hydroxyl groups excluding tert-OH is 1. The predicted octanol–water partition coefficient (Wildman–Crippen LogP) is 2.90. The molecular formula is C15H25NO2. The second-order valence-corrected chi connectivity index (χ2v) is 5.08. The van der Waals surface area contributed by atoms with Gasteiger partial charge in [-0.3, -0.25) is 0 Å². The van der Waals surface area contributed by atoms with Crippen molar-refractivity contribution >= 4 is 0 Å². The second kappa shape index (κ2) is 6.76. The Morgan fingerprint density at radius 3 is 2.44 bits per heavy atom. The molecule has 3 nitrogen and oxygen atoms in total. The Bertz CT molecular complexity index is 388. The molecule has 0 saturated carbocycles. The van der Waals surface area contributed by atoms with Crippen LogP contribution in [-0.4, -0.2) is 18.8 Å². The van der Waals surface area contributed by atoms with Crippen LogP contribution in [0.25, 0.3) is 0 Å². The maximum Gasteiger partial charge on any atom is 0.122 e. The summed E-state index contributed by atoms with van der Waals surface area (Å²) < 4.78 is 5.42. The zero-order valence-electron chi connectivity index (χ0n) is 11.9. The average Bonchev–Trinajstić information content (AvgIpc) is 2.34. The van der Waals surface area contributed by atoms with Crippen LogP contribution in [0.15, 0.2) is 12.1 Å². The van der Waals surface area contributed by atoms with E-state index in [1.54, 1.807) is 7.11 Å². The minimum Gasteiger partial charge on any atom is -0.496 e. The van der Waals surface area contributed by atoms with E-state index in [0.717, 1.165) is 29.7 Å². The smallest absolute Gasteiger partial charge is 0.122 e. The number of ether oxygens (including phenoxy) is 1. The maximum atomic E-state index is 8.88. The van der Waals surface area contributed by atoms with Crippen LogP contribution in [0.5, 0.6) is 5.75 Å². The second-order valence-electron chi connectivity index (χ2n) is 5.08. The van der Waals surface area contributed by atoms with Crippen molar-refractivity contribution in [2.24, 2.45) is 5.73 Å². The lowest BCUT2D eigenvalue weighted by Crippen LogP contribution is -2.13. The Morgan fingerprint density at radius 2 is 1.94 bits per heavy atom. The highest BCUT2D eigenvalue weighted by atomic mass is 16.5. The standard InChI is InChI=1S/C15H25NO2/c1-10(2)12-9-13(14(16)6-5-7-17)11(3)8-15(12)18-4/h8-10,14,17H,5-7,16H2,1-4H3. The van der Waals surface area contributed by atoms with Gasteiger partial charge in [0.2, 0.25) is 0 Å². The number of nitrogens with two attached hydrogens (primary N) is 1. The third-order valence-electron chi connectivity index (χ3n) is 3.31. The minimum absolute atomic E-state index is 0.0134. The fraction of sp³-hybridized carbons (Fsp3) is 0.600. The lowest BCUT2D eigenvalue weighted by Gasteiger charge is -2.19. The van der Waals surface area contributed by atoms with Crippen LogP contribution >= 0.6 is 0 Å². The molecule has 0 aliphatic carbocycles. The number of hydrogen-bond donors (Lipinski definition) is 2. The van der Waals surface area contributed by atoms with E-state index in [2.05, 4.69) is 32.9 Å². The van der Waals surface area contributed by atoms with E-state index < -0.39 is 0 Å². The van der Waals surface area contributed by atoms with Crippen LogP contribution in [0.2, 0.25) is 0 Å². The van der Waals surface area contributed by atoms with Gasteiger partial charge in [-0.2, -0.15) is 0 Å². The van der Waals surface area contributed by atoms with E-state index in [0.29, 0.717) is 5.92 Å². The van der Waals surface area contributed by atoms with Gasteiger partial charge < -0.3 is 15.6 Å². The van der Waals surface area contributed by atoms with Gasteiger partial charge in [0.1, 0.15) is 5.75 Å². The van der Waals surface area contributed by atoms with Gasteiger partial charge in [0, 0.05) is 12.6 Å². The highest BCUT2D eigenvalue weighted by Gasteiger charge is 2.15. The maximum absolute atomic E-state index is 8.88. The van der Waals surface area contributed by atoms with Crippen molar-refractivity contribution in [3.8, 4) is 5.75 Å². The molecule has 0 heterocycles. The van der Waals surface area contributed by atoms with E-state index in [1.807, 2.05) is 0 Å². The summed E-state index contributed by atoms with van der Waals surface area (Å²) in [5, 5.41) is 8.88. The molecule has 0 radical (unpaired) electrons. The molecular weight excluding hydrogens is 226 g/mol. The van der Waals surface area contributed by atoms with Crippen molar-refractivity contribution in [1.82, 2.24) is 0 Å². The number of methoxy groups -OCH3 is 1. The Labute approximate surface area is 110 Å². The summed E-state index contributed by atoms with van der Waals surface area (Å²) in [7, 11) is 1.70. The summed E-state index contributed by atoms with van der Waals surface area (Å²) in [5.41, 5.74) is 9.70. The number of aliphatic hydroxyl groups is 1. The SMILES string of the molecule is COc1cc(C)c(C(N)CCCO)cc1C(C)C. The van der Waals surface area contributed by atoms with Gasteiger partial charge in [0.05, 0.1) is 7.11 Å². The summed E-state index contributed by atoms with van der Waals surface area (Å²) in [5.74, 6) is 1.34. The van der Waals surface area contributed by atoms with Gasteiger partial charge in [-0.1, -0.05) is 19.9 Å². The Morgan fingerprint density at radius 1 is 1.28 bits per heavy atom. The molecule has 0 bridgehead atoms. The van der Waals surface area contributed by atoms with Crippen molar-refractivity contribution < 1.29 is 9.84 Å². The molecule has 0 aliphatic rings. The van der Waals surface area contributed by atoms with Crippen molar-refractivity contribution in [2.75, 3.05) is 13.7 Å². The van der Waals surface area contributed by atoms with Crippen molar-refractivity contribution in [2.45, 2.75) is 45.6 Å². The molecule has 1 atom stereocenters. The molecule has 1 aromatic rings. The first-order valence-electron chi connectivity index (χ1n) is 6.56. The lowest BCUT2D eigenvalue weighted by molar-refractivity contribution is 0.280. The minimum atomic E-state index is -0.0134. The normalized spacial score (nSPS) is 12.8. The van der Waals surface area contributed by atoms with Crippen molar-refractivity contribution in [1.29, 1.82) is 0 Å². The van der Waals surface area contributed by atoms with Crippen molar-refractivity contribution in [3.05, 3.63) is 28.8 Å². The number of benzene rings is 1. The quantitative estimate of drug-likeness (QED) is 0.817. The van der Waals surface area contributed by atoms with Crippen LogP contribution in [-0.2, 0) is 0 Å². The molecule has 1 unspecified atom stereocenters. The van der Waals surface area contributed by atoms with E-state index in [-0.39, 0.29) is 12.6 Å². The number of hydrogen-bond acceptors (Lipinski definition) is 3. The molecule has 0 aromatic heterocycles. The molecule has 0 spiro atoms. The van der Waals surface area contributed by atoms with Crippen LogP contribution in [0, 0.1) is 6.92 Å². The fourth-order valence-corrected chi connectivity index (χ4v) is 2.21. The first kappa shape index (κ1) is 15.0. The summed E-state index contributed by atoms with van der Waals surface area (Å²) >= 11 is 0. The number of aryl methyl sites for hydroxylation is 1. The lowest BCUT2D eigenvalue weighted by atomic mass is 9.92. The predicted molar refractivity (Wildman–Crippen MR) is 75.1 cm³/mol. The Balaban J connectivity index is 3.08. The first-order chi connectivity index (χ1) is 8.51. The molecule has 0 amide bonds. The van der Waals surface area contributed by atoms with Crippen LogP contribution in [0.3, 0.4) is 0 Å². The highest BCUT2D eigenvalue weighted by Crippen LogP contribution is 2.32. The summed E-state index contributed by atoms with van der Waals surface area (Å²) in [6.07, 6.45) is 1.55. The van der Waals surface area contributed by atoms with Gasteiger partial charge in [-0.25, -0.2) is 0 Å². The van der Waals surface area contributed by atoms with Gasteiger partial charge in [0.25, 0.3) is 0 Å². The summed E-state index contributed by atoms with van der Waals surface area (Å²) in [4.78, 5) is 0. The zero-order valence-corrected chi connectivity index (χ0v) is 11.9. The molecule has 1 aromatic carbocycles. The van der Waals surface area contributed by atoms with Gasteiger partial charge in [-0.15, -0.1) is 0 Å². The van der Waals surface area contributed by atoms with Gasteiger partial charge >= 0.3 is 0 Å². The van der Waals surface area contributed by atoms with E-state index in [4.69, 9.17) is 15.6 Å². The molecule has 0 aliphatic heterocycles. The molecule has 0 fully saturated rings. The number of rotatable bonds is 6. The topological polar surface area (TPSA) is 55.5 Å². The largest absolute Gasteiger partial charge is 0.496 e. The van der Waals surface area contributed by atoms with Crippen LogP contribution < -0.4 is 10.5 Å². The average molecular weight is 251 g/mol. The monoisotopic (exact) mass is 251 g/mol. The molecule has 3 N–H and O–H groups in total. The van der Waals surface area contributed by atoms with Crippen molar-refractivity contribution in [3.63, 3.8) is 0 Å². The molecule has 0 saturated heterocycles. The summed E-state index contributed by atoms with van der Waals surface area (Å²) in [6, 6.07) is 4.20. The van der Waals surface area contributed by atoms with Crippen LogP contribution in [0.1, 0.15) is 55.3 Å². The van der Waals surface area contributed by atoms with Gasteiger partial charge in [0.15, 0.2) is 0 Å². The van der Waals surface area contributed by atoms with E-state index in [9.17, 15) is 0 Å². The molecule has 3 heteroatoms. The zero-order chi connectivity index (χ0) is 13.7. The Hall–Kier alpha value is -1.06. The third-order valence-corrected chi connectivity index (χ3v) is 3.31. The molecule has 102 valence electrons. The summed E-state index contributed by atoms with van der Waals surface area (Å²) in [6.45, 7) is 6.55. The fourth-order valence-electron chi connectivity index (χ4n) is 2.21. The van der Waals surface area contributed by atoms with E-state index in [1.165, 1.54) is 5.56 Å². The van der Waals surface area contributed by atoms with Gasteiger partial charge in [-0.05, 0) is 48.4 Å². The Kier molecular flexibility index (Phi) is 5.63.